The Kier molecular flexibility index (Phi) is 7.14. The van der Waals surface area contributed by atoms with Gasteiger partial charge in [-0.15, -0.1) is 0 Å². The average molecular weight is 346 g/mol. The lowest BCUT2D eigenvalue weighted by Crippen LogP contribution is -2.52. The van der Waals surface area contributed by atoms with Crippen molar-refractivity contribution in [1.82, 2.24) is 14.7 Å². The number of likely N-dealkylation sites (tertiary alicyclic amines) is 1. The smallest absolute Gasteiger partial charge is 0.119 e. The second-order valence-corrected chi connectivity index (χ2v) is 7.79. The Morgan fingerprint density at radius 2 is 1.84 bits per heavy atom. The average Bonchev–Trinajstić information content (AvgIpc) is 2.62. The molecule has 1 aromatic carbocycles. The number of nitrogens with zero attached hydrogens (tertiary/aromatic N) is 3. The third kappa shape index (κ3) is 5.98. The fourth-order valence-electron chi connectivity index (χ4n) is 4.05. The van der Waals surface area contributed by atoms with E-state index in [1.54, 1.807) is 0 Å². The zero-order chi connectivity index (χ0) is 17.5. The van der Waals surface area contributed by atoms with Crippen LogP contribution in [0.1, 0.15) is 31.2 Å². The van der Waals surface area contributed by atoms with Gasteiger partial charge in [-0.2, -0.15) is 0 Å². The van der Waals surface area contributed by atoms with Crippen molar-refractivity contribution in [2.75, 3.05) is 59.5 Å². The van der Waals surface area contributed by atoms with E-state index in [-0.39, 0.29) is 0 Å². The van der Waals surface area contributed by atoms with Crippen LogP contribution in [0.3, 0.4) is 0 Å². The minimum Gasteiger partial charge on any atom is -0.494 e. The maximum Gasteiger partial charge on any atom is 0.119 e. The minimum atomic E-state index is 0.781. The summed E-state index contributed by atoms with van der Waals surface area (Å²) in [5.41, 5.74) is 1.26. The van der Waals surface area contributed by atoms with E-state index < -0.39 is 0 Å². The van der Waals surface area contributed by atoms with Crippen LogP contribution in [0.2, 0.25) is 0 Å². The SMILES string of the molecule is Cc1cccc(OCCCN2CCN(C[C@H]3CCCCN3C)CC2)c1. The van der Waals surface area contributed by atoms with Crippen LogP contribution in [0.5, 0.6) is 5.75 Å². The number of benzene rings is 1. The molecule has 0 aromatic heterocycles. The zero-order valence-corrected chi connectivity index (χ0v) is 16.1. The lowest BCUT2D eigenvalue weighted by atomic mass is 10.0. The van der Waals surface area contributed by atoms with Gasteiger partial charge in [-0.1, -0.05) is 18.6 Å². The van der Waals surface area contributed by atoms with Crippen LogP contribution < -0.4 is 4.74 Å². The molecule has 0 unspecified atom stereocenters. The highest BCUT2D eigenvalue weighted by atomic mass is 16.5. The van der Waals surface area contributed by atoms with Crippen LogP contribution in [0.25, 0.3) is 0 Å². The van der Waals surface area contributed by atoms with Gasteiger partial charge in [-0.3, -0.25) is 4.90 Å². The number of likely N-dealkylation sites (N-methyl/N-ethyl adjacent to an activating group) is 1. The normalized spacial score (nSPS) is 23.7. The highest BCUT2D eigenvalue weighted by molar-refractivity contribution is 5.27. The van der Waals surface area contributed by atoms with E-state index in [4.69, 9.17) is 4.74 Å². The predicted octanol–water partition coefficient (Wildman–Crippen LogP) is 2.87. The fourth-order valence-corrected chi connectivity index (χ4v) is 4.05. The van der Waals surface area contributed by atoms with Crippen molar-refractivity contribution in [2.24, 2.45) is 0 Å². The molecule has 0 radical (unpaired) electrons. The van der Waals surface area contributed by atoms with E-state index in [2.05, 4.69) is 46.9 Å². The van der Waals surface area contributed by atoms with Gasteiger partial charge in [0.1, 0.15) is 5.75 Å². The molecule has 2 saturated heterocycles. The largest absolute Gasteiger partial charge is 0.494 e. The molecule has 1 aromatic rings. The standard InChI is InChI=1S/C21H35N3O/c1-19-7-5-9-21(17-19)25-16-6-11-23-12-14-24(15-13-23)18-20-8-3-4-10-22(20)2/h5,7,9,17,20H,3-4,6,8,10-16,18H2,1-2H3/t20-/m1/s1. The molecule has 2 fully saturated rings. The molecule has 4 heteroatoms. The summed E-state index contributed by atoms with van der Waals surface area (Å²) in [6.45, 7) is 11.5. The molecule has 2 heterocycles. The van der Waals surface area contributed by atoms with Crippen LogP contribution in [0.4, 0.5) is 0 Å². The van der Waals surface area contributed by atoms with Crippen molar-refractivity contribution < 1.29 is 4.74 Å². The molecule has 25 heavy (non-hydrogen) atoms. The first kappa shape index (κ1) is 18.7. The van der Waals surface area contributed by atoms with Gasteiger partial charge in [0.05, 0.1) is 6.61 Å². The molecule has 0 bridgehead atoms. The Morgan fingerprint density at radius 1 is 1.04 bits per heavy atom. The molecule has 4 nitrogen and oxygen atoms in total. The minimum absolute atomic E-state index is 0.781. The van der Waals surface area contributed by atoms with Gasteiger partial charge in [0.2, 0.25) is 0 Å². The summed E-state index contributed by atoms with van der Waals surface area (Å²) in [4.78, 5) is 7.84. The van der Waals surface area contributed by atoms with Gasteiger partial charge >= 0.3 is 0 Å². The fraction of sp³-hybridized carbons (Fsp3) is 0.714. The van der Waals surface area contributed by atoms with Crippen LogP contribution in [-0.4, -0.2) is 80.2 Å². The molecule has 140 valence electrons. The maximum absolute atomic E-state index is 5.87. The van der Waals surface area contributed by atoms with Crippen LogP contribution in [0, 0.1) is 6.92 Å². The topological polar surface area (TPSA) is 19.0 Å². The van der Waals surface area contributed by atoms with Gasteiger partial charge in [0.25, 0.3) is 0 Å². The van der Waals surface area contributed by atoms with Crippen molar-refractivity contribution in [2.45, 2.75) is 38.6 Å². The van der Waals surface area contributed by atoms with Gasteiger partial charge in [-0.05, 0) is 57.5 Å². The maximum atomic E-state index is 5.87. The molecule has 0 saturated carbocycles. The quantitative estimate of drug-likeness (QED) is 0.707. The number of piperidine rings is 1. The number of aryl methyl sites for hydroxylation is 1. The second-order valence-electron chi connectivity index (χ2n) is 7.79. The Balaban J connectivity index is 1.29. The van der Waals surface area contributed by atoms with Crippen molar-refractivity contribution in [3.63, 3.8) is 0 Å². The van der Waals surface area contributed by atoms with E-state index >= 15 is 0 Å². The third-order valence-corrected chi connectivity index (χ3v) is 5.73. The Bertz CT molecular complexity index is 514. The predicted molar refractivity (Wildman–Crippen MR) is 104 cm³/mol. The molecule has 1 atom stereocenters. The van der Waals surface area contributed by atoms with Gasteiger partial charge in [-0.25, -0.2) is 0 Å². The summed E-state index contributed by atoms with van der Waals surface area (Å²) in [6, 6.07) is 9.11. The van der Waals surface area contributed by atoms with E-state index in [0.29, 0.717) is 0 Å². The molecule has 0 amide bonds. The lowest BCUT2D eigenvalue weighted by Gasteiger charge is -2.40. The molecular formula is C21H35N3O. The first-order valence-electron chi connectivity index (χ1n) is 10.0. The zero-order valence-electron chi connectivity index (χ0n) is 16.1. The molecular weight excluding hydrogens is 310 g/mol. The summed E-state index contributed by atoms with van der Waals surface area (Å²) < 4.78 is 5.87. The number of hydrogen-bond acceptors (Lipinski definition) is 4. The number of hydrogen-bond donors (Lipinski definition) is 0. The summed E-state index contributed by atoms with van der Waals surface area (Å²) >= 11 is 0. The van der Waals surface area contributed by atoms with E-state index in [1.807, 2.05) is 6.07 Å². The number of rotatable bonds is 7. The Hall–Kier alpha value is -1.10. The van der Waals surface area contributed by atoms with Crippen LogP contribution in [-0.2, 0) is 0 Å². The van der Waals surface area contributed by atoms with Gasteiger partial charge in [0.15, 0.2) is 0 Å². The van der Waals surface area contributed by atoms with Crippen molar-refractivity contribution >= 4 is 0 Å². The molecule has 2 aliphatic rings. The molecule has 0 N–H and O–H groups in total. The first-order valence-corrected chi connectivity index (χ1v) is 10.0. The van der Waals surface area contributed by atoms with Gasteiger partial charge < -0.3 is 14.5 Å². The van der Waals surface area contributed by atoms with E-state index in [9.17, 15) is 0 Å². The summed E-state index contributed by atoms with van der Waals surface area (Å²) in [5, 5.41) is 0. The summed E-state index contributed by atoms with van der Waals surface area (Å²) in [5.74, 6) is 1.00. The lowest BCUT2D eigenvalue weighted by molar-refractivity contribution is 0.0823. The Morgan fingerprint density at radius 3 is 2.60 bits per heavy atom. The monoisotopic (exact) mass is 345 g/mol. The van der Waals surface area contributed by atoms with Crippen LogP contribution in [0.15, 0.2) is 24.3 Å². The second kappa shape index (κ2) is 9.56. The molecule has 3 rings (SSSR count). The van der Waals surface area contributed by atoms with Crippen molar-refractivity contribution in [3.05, 3.63) is 29.8 Å². The highest BCUT2D eigenvalue weighted by Gasteiger charge is 2.24. The van der Waals surface area contributed by atoms with Gasteiger partial charge in [0, 0.05) is 45.3 Å². The van der Waals surface area contributed by atoms with E-state index in [0.717, 1.165) is 31.4 Å². The Labute approximate surface area is 153 Å². The molecule has 2 aliphatic heterocycles. The summed E-state index contributed by atoms with van der Waals surface area (Å²) in [6.07, 6.45) is 5.29. The van der Waals surface area contributed by atoms with Crippen molar-refractivity contribution in [1.29, 1.82) is 0 Å². The third-order valence-electron chi connectivity index (χ3n) is 5.73. The van der Waals surface area contributed by atoms with Crippen LogP contribution >= 0.6 is 0 Å². The molecule has 0 aliphatic carbocycles. The summed E-state index contributed by atoms with van der Waals surface area (Å²) in [7, 11) is 2.30. The first-order chi connectivity index (χ1) is 12.2. The van der Waals surface area contributed by atoms with E-state index in [1.165, 1.54) is 64.1 Å². The van der Waals surface area contributed by atoms with Crippen molar-refractivity contribution in [3.8, 4) is 5.75 Å². The molecule has 0 spiro atoms. The highest BCUT2D eigenvalue weighted by Crippen LogP contribution is 2.17. The number of piperazine rings is 1. The number of ether oxygens (including phenoxy) is 1.